The van der Waals surface area contributed by atoms with Gasteiger partial charge in [0.15, 0.2) is 5.78 Å². The lowest BCUT2D eigenvalue weighted by molar-refractivity contribution is 0.101. The largest absolute Gasteiger partial charge is 0.353 e. The van der Waals surface area contributed by atoms with Crippen molar-refractivity contribution in [1.29, 1.82) is 0 Å². The Morgan fingerprint density at radius 2 is 2.31 bits per heavy atom. The van der Waals surface area contributed by atoms with E-state index in [1.165, 1.54) is 0 Å². The third-order valence-corrected chi connectivity index (χ3v) is 2.32. The molecule has 0 saturated carbocycles. The number of hydrogen-bond acceptors (Lipinski definition) is 3. The zero-order valence-corrected chi connectivity index (χ0v) is 9.94. The van der Waals surface area contributed by atoms with Crippen molar-refractivity contribution in [1.82, 2.24) is 4.98 Å². The molecule has 86 valence electrons. The Bertz CT molecular complexity index is 357. The van der Waals surface area contributed by atoms with Gasteiger partial charge in [-0.25, -0.2) is 4.98 Å². The third kappa shape index (κ3) is 3.19. The van der Waals surface area contributed by atoms with Gasteiger partial charge in [0.1, 0.15) is 5.82 Å². The first-order valence-electron chi connectivity index (χ1n) is 5.51. The monoisotopic (exact) mass is 218 g/mol. The number of rotatable bonds is 6. The van der Waals surface area contributed by atoms with Gasteiger partial charge in [-0.3, -0.25) is 4.79 Å². The van der Waals surface area contributed by atoms with E-state index in [1.54, 1.807) is 13.1 Å². The van der Waals surface area contributed by atoms with Crippen LogP contribution >= 0.6 is 0 Å². The minimum atomic E-state index is 0.0461. The van der Waals surface area contributed by atoms with Crippen LogP contribution in [0.1, 0.15) is 30.6 Å². The van der Waals surface area contributed by atoms with Crippen LogP contribution in [0.5, 0.6) is 0 Å². The smallest absolute Gasteiger partial charge is 0.161 e. The van der Waals surface area contributed by atoms with E-state index >= 15 is 0 Å². The van der Waals surface area contributed by atoms with Crippen LogP contribution in [-0.4, -0.2) is 23.9 Å². The molecule has 1 rings (SSSR count). The summed E-state index contributed by atoms with van der Waals surface area (Å²) in [6.45, 7) is 9.12. The molecule has 16 heavy (non-hydrogen) atoms. The maximum absolute atomic E-state index is 11.1. The van der Waals surface area contributed by atoms with Gasteiger partial charge in [-0.2, -0.15) is 0 Å². The molecule has 1 heterocycles. The summed E-state index contributed by atoms with van der Waals surface area (Å²) in [5, 5.41) is 0. The summed E-state index contributed by atoms with van der Waals surface area (Å²) in [6.07, 6.45) is 4.55. The summed E-state index contributed by atoms with van der Waals surface area (Å²) in [5.74, 6) is 0.941. The Labute approximate surface area is 96.8 Å². The average molecular weight is 218 g/mol. The quantitative estimate of drug-likeness (QED) is 0.543. The molecule has 0 aliphatic heterocycles. The standard InChI is InChI=1S/C13H18N2O/c1-4-8-15(9-5-2)13-7-6-12(10-14-13)11(3)16/h4,6-7,10H,1,5,8-9H2,2-3H3. The Morgan fingerprint density at radius 1 is 1.56 bits per heavy atom. The number of anilines is 1. The van der Waals surface area contributed by atoms with Gasteiger partial charge >= 0.3 is 0 Å². The summed E-state index contributed by atoms with van der Waals surface area (Å²) in [7, 11) is 0. The highest BCUT2D eigenvalue weighted by Gasteiger charge is 2.06. The molecule has 1 aromatic rings. The highest BCUT2D eigenvalue weighted by atomic mass is 16.1. The molecular weight excluding hydrogens is 200 g/mol. The summed E-state index contributed by atoms with van der Waals surface area (Å²) in [5.41, 5.74) is 0.652. The second-order valence-electron chi connectivity index (χ2n) is 3.70. The SMILES string of the molecule is C=CCN(CCC)c1ccc(C(C)=O)cn1. The molecule has 3 heteroatoms. The third-order valence-electron chi connectivity index (χ3n) is 2.32. The topological polar surface area (TPSA) is 33.2 Å². The summed E-state index contributed by atoms with van der Waals surface area (Å²) >= 11 is 0. The van der Waals surface area contributed by atoms with Crippen molar-refractivity contribution < 1.29 is 4.79 Å². The minimum absolute atomic E-state index is 0.0461. The van der Waals surface area contributed by atoms with Crippen molar-refractivity contribution in [3.8, 4) is 0 Å². The molecule has 0 N–H and O–H groups in total. The fraction of sp³-hybridized carbons (Fsp3) is 0.385. The first kappa shape index (κ1) is 12.4. The van der Waals surface area contributed by atoms with E-state index in [-0.39, 0.29) is 5.78 Å². The van der Waals surface area contributed by atoms with Crippen LogP contribution in [0.15, 0.2) is 31.0 Å². The predicted molar refractivity (Wildman–Crippen MR) is 66.9 cm³/mol. The second-order valence-corrected chi connectivity index (χ2v) is 3.70. The van der Waals surface area contributed by atoms with Crippen LogP contribution in [0.25, 0.3) is 0 Å². The fourth-order valence-electron chi connectivity index (χ4n) is 1.51. The van der Waals surface area contributed by atoms with E-state index in [0.717, 1.165) is 25.3 Å². The van der Waals surface area contributed by atoms with Crippen LogP contribution in [0.2, 0.25) is 0 Å². The molecule has 0 spiro atoms. The average Bonchev–Trinajstić information content (AvgIpc) is 2.29. The van der Waals surface area contributed by atoms with Crippen LogP contribution in [0, 0.1) is 0 Å². The van der Waals surface area contributed by atoms with Gasteiger partial charge in [-0.15, -0.1) is 6.58 Å². The fourth-order valence-corrected chi connectivity index (χ4v) is 1.51. The van der Waals surface area contributed by atoms with Crippen molar-refractivity contribution in [3.63, 3.8) is 0 Å². The summed E-state index contributed by atoms with van der Waals surface area (Å²) < 4.78 is 0. The first-order chi connectivity index (χ1) is 7.69. The molecule has 0 unspecified atom stereocenters. The van der Waals surface area contributed by atoms with E-state index in [4.69, 9.17) is 0 Å². The van der Waals surface area contributed by atoms with Crippen molar-refractivity contribution in [2.45, 2.75) is 20.3 Å². The Kier molecular flexibility index (Phi) is 4.70. The zero-order chi connectivity index (χ0) is 12.0. The van der Waals surface area contributed by atoms with E-state index < -0.39 is 0 Å². The number of Topliss-reactive ketones (excluding diaryl/α,β-unsaturated/α-hetero) is 1. The Morgan fingerprint density at radius 3 is 2.75 bits per heavy atom. The highest BCUT2D eigenvalue weighted by Crippen LogP contribution is 2.12. The van der Waals surface area contributed by atoms with Gasteiger partial charge in [-0.05, 0) is 25.5 Å². The van der Waals surface area contributed by atoms with E-state index in [0.29, 0.717) is 5.56 Å². The second kappa shape index (κ2) is 6.05. The minimum Gasteiger partial charge on any atom is -0.353 e. The van der Waals surface area contributed by atoms with Crippen molar-refractivity contribution in [2.75, 3.05) is 18.0 Å². The van der Waals surface area contributed by atoms with Crippen LogP contribution in [-0.2, 0) is 0 Å². The van der Waals surface area contributed by atoms with E-state index in [9.17, 15) is 4.79 Å². The number of hydrogen-bond donors (Lipinski definition) is 0. The molecule has 0 aromatic carbocycles. The number of nitrogens with zero attached hydrogens (tertiary/aromatic N) is 2. The molecule has 0 atom stereocenters. The maximum atomic E-state index is 11.1. The molecule has 1 aromatic heterocycles. The van der Waals surface area contributed by atoms with Crippen LogP contribution < -0.4 is 4.90 Å². The normalized spacial score (nSPS) is 9.88. The molecule has 0 amide bonds. The van der Waals surface area contributed by atoms with Crippen molar-refractivity contribution >= 4 is 11.6 Å². The molecular formula is C13H18N2O. The van der Waals surface area contributed by atoms with Gasteiger partial charge in [-0.1, -0.05) is 13.0 Å². The summed E-state index contributed by atoms with van der Waals surface area (Å²) in [4.78, 5) is 17.5. The van der Waals surface area contributed by atoms with Crippen molar-refractivity contribution in [2.24, 2.45) is 0 Å². The van der Waals surface area contributed by atoms with Crippen LogP contribution in [0.3, 0.4) is 0 Å². The Balaban J connectivity index is 2.84. The number of ketones is 1. The maximum Gasteiger partial charge on any atom is 0.161 e. The van der Waals surface area contributed by atoms with Crippen molar-refractivity contribution in [3.05, 3.63) is 36.5 Å². The van der Waals surface area contributed by atoms with E-state index in [1.807, 2.05) is 18.2 Å². The number of pyridine rings is 1. The zero-order valence-electron chi connectivity index (χ0n) is 9.94. The molecule has 3 nitrogen and oxygen atoms in total. The molecule has 0 aliphatic carbocycles. The van der Waals surface area contributed by atoms with Gasteiger partial charge in [0.05, 0.1) is 0 Å². The lowest BCUT2D eigenvalue weighted by Crippen LogP contribution is -2.24. The Hall–Kier alpha value is -1.64. The number of aromatic nitrogens is 1. The highest BCUT2D eigenvalue weighted by molar-refractivity contribution is 5.93. The molecule has 0 aliphatic rings. The first-order valence-corrected chi connectivity index (χ1v) is 5.51. The summed E-state index contributed by atoms with van der Waals surface area (Å²) in [6, 6.07) is 3.70. The molecule has 0 radical (unpaired) electrons. The predicted octanol–water partition coefficient (Wildman–Crippen LogP) is 2.69. The van der Waals surface area contributed by atoms with E-state index in [2.05, 4.69) is 23.4 Å². The van der Waals surface area contributed by atoms with Gasteiger partial charge < -0.3 is 4.90 Å². The number of carbonyl (C=O) groups is 1. The lowest BCUT2D eigenvalue weighted by Gasteiger charge is -2.21. The van der Waals surface area contributed by atoms with Gasteiger partial charge in [0.2, 0.25) is 0 Å². The number of carbonyl (C=O) groups excluding carboxylic acids is 1. The molecule has 0 fully saturated rings. The van der Waals surface area contributed by atoms with Gasteiger partial charge in [0.25, 0.3) is 0 Å². The molecule has 0 bridgehead atoms. The molecule has 0 saturated heterocycles. The lowest BCUT2D eigenvalue weighted by atomic mass is 10.2. The van der Waals surface area contributed by atoms with Gasteiger partial charge in [0, 0.05) is 24.8 Å². The van der Waals surface area contributed by atoms with Crippen LogP contribution in [0.4, 0.5) is 5.82 Å².